The van der Waals surface area contributed by atoms with Crippen molar-refractivity contribution in [1.82, 2.24) is 4.90 Å². The molecule has 0 spiro atoms. The fourth-order valence-corrected chi connectivity index (χ4v) is 2.86. The first kappa shape index (κ1) is 20.7. The summed E-state index contributed by atoms with van der Waals surface area (Å²) in [5.74, 6) is 6.31. The molecule has 0 aromatic heterocycles. The minimum absolute atomic E-state index is 0.0545. The zero-order valence-electron chi connectivity index (χ0n) is 15.0. The minimum Gasteiger partial charge on any atom is -0.396 e. The molecule has 0 saturated carbocycles. The Morgan fingerprint density at radius 3 is 2.88 bits per heavy atom. The van der Waals surface area contributed by atoms with E-state index in [9.17, 15) is 9.90 Å². The Bertz CT molecular complexity index is 436. The first-order valence-corrected chi connectivity index (χ1v) is 9.41. The number of hydrogen-bond acceptors (Lipinski definition) is 3. The largest absolute Gasteiger partial charge is 0.396 e. The van der Waals surface area contributed by atoms with Crippen LogP contribution in [0.1, 0.15) is 71.1 Å². The summed E-state index contributed by atoms with van der Waals surface area (Å²) in [7, 11) is 0. The Morgan fingerprint density at radius 1 is 1.29 bits per heavy atom. The van der Waals surface area contributed by atoms with Gasteiger partial charge in [-0.05, 0) is 32.1 Å². The number of unbranched alkanes of at least 4 members (excludes halogenated alkanes) is 4. The molecule has 0 radical (unpaired) electrons. The Labute approximate surface area is 146 Å². The predicted molar refractivity (Wildman–Crippen MR) is 97.4 cm³/mol. The van der Waals surface area contributed by atoms with Crippen molar-refractivity contribution in [2.45, 2.75) is 83.3 Å². The van der Waals surface area contributed by atoms with Crippen molar-refractivity contribution < 1.29 is 15.0 Å². The molecular weight excluding hydrogens is 302 g/mol. The maximum Gasteiger partial charge on any atom is 0.223 e. The summed E-state index contributed by atoms with van der Waals surface area (Å²) in [5.41, 5.74) is 0. The van der Waals surface area contributed by atoms with E-state index in [0.29, 0.717) is 13.0 Å². The molecule has 2 N–H and O–H groups in total. The second-order valence-corrected chi connectivity index (χ2v) is 6.46. The molecule has 1 unspecified atom stereocenters. The molecule has 1 amide bonds. The van der Waals surface area contributed by atoms with Crippen LogP contribution in [-0.2, 0) is 4.79 Å². The molecule has 1 fully saturated rings. The predicted octanol–water partition coefficient (Wildman–Crippen LogP) is 3.03. The van der Waals surface area contributed by atoms with Crippen LogP contribution >= 0.6 is 0 Å². The molecule has 4 heteroatoms. The molecule has 24 heavy (non-hydrogen) atoms. The Balaban J connectivity index is 2.48. The van der Waals surface area contributed by atoms with Crippen molar-refractivity contribution in [2.24, 2.45) is 0 Å². The van der Waals surface area contributed by atoms with Crippen LogP contribution in [0.25, 0.3) is 0 Å². The SMILES string of the molecule is CCCCC[C@@H](O)C=CC1CCCC(=O)N1CC#CCCCCO. The van der Waals surface area contributed by atoms with Gasteiger partial charge >= 0.3 is 0 Å². The van der Waals surface area contributed by atoms with Crippen LogP contribution in [0.15, 0.2) is 12.2 Å². The molecule has 1 rings (SSSR count). The molecule has 0 bridgehead atoms. The van der Waals surface area contributed by atoms with Crippen molar-refractivity contribution in [1.29, 1.82) is 0 Å². The number of amides is 1. The van der Waals surface area contributed by atoms with Gasteiger partial charge in [0, 0.05) is 19.4 Å². The first-order valence-electron chi connectivity index (χ1n) is 9.41. The highest BCUT2D eigenvalue weighted by atomic mass is 16.3. The van der Waals surface area contributed by atoms with Gasteiger partial charge in [0.05, 0.1) is 18.7 Å². The molecule has 136 valence electrons. The maximum atomic E-state index is 12.2. The smallest absolute Gasteiger partial charge is 0.223 e. The van der Waals surface area contributed by atoms with Crippen molar-refractivity contribution in [3.63, 3.8) is 0 Å². The van der Waals surface area contributed by atoms with Crippen LogP contribution in [0.2, 0.25) is 0 Å². The number of nitrogens with zero attached hydrogens (tertiary/aromatic N) is 1. The van der Waals surface area contributed by atoms with Crippen LogP contribution in [0.3, 0.4) is 0 Å². The number of aliphatic hydroxyl groups is 2. The van der Waals surface area contributed by atoms with Gasteiger partial charge in [-0.15, -0.1) is 5.92 Å². The van der Waals surface area contributed by atoms with Crippen molar-refractivity contribution in [3.05, 3.63) is 12.2 Å². The summed E-state index contributed by atoms with van der Waals surface area (Å²) in [4.78, 5) is 14.0. The minimum atomic E-state index is -0.417. The van der Waals surface area contributed by atoms with Crippen LogP contribution in [-0.4, -0.2) is 46.3 Å². The Hall–Kier alpha value is -1.31. The van der Waals surface area contributed by atoms with Gasteiger partial charge in [0.2, 0.25) is 5.91 Å². The van der Waals surface area contributed by atoms with E-state index in [4.69, 9.17) is 5.11 Å². The third-order valence-electron chi connectivity index (χ3n) is 4.35. The van der Waals surface area contributed by atoms with Crippen molar-refractivity contribution in [2.75, 3.05) is 13.2 Å². The average molecular weight is 335 g/mol. The molecule has 1 aliphatic heterocycles. The van der Waals surface area contributed by atoms with E-state index in [0.717, 1.165) is 57.8 Å². The fourth-order valence-electron chi connectivity index (χ4n) is 2.86. The van der Waals surface area contributed by atoms with Crippen LogP contribution in [0.4, 0.5) is 0 Å². The highest BCUT2D eigenvalue weighted by Gasteiger charge is 2.25. The topological polar surface area (TPSA) is 60.8 Å². The van der Waals surface area contributed by atoms with Crippen molar-refractivity contribution >= 4 is 5.91 Å². The summed E-state index contributed by atoms with van der Waals surface area (Å²) in [6.45, 7) is 2.82. The van der Waals surface area contributed by atoms with Gasteiger partial charge in [-0.1, -0.05) is 44.3 Å². The Kier molecular flexibility index (Phi) is 11.3. The summed E-state index contributed by atoms with van der Waals surface area (Å²) in [6, 6.07) is 0.0545. The lowest BCUT2D eigenvalue weighted by Gasteiger charge is -2.32. The third kappa shape index (κ3) is 8.52. The Morgan fingerprint density at radius 2 is 2.12 bits per heavy atom. The number of piperidine rings is 1. The van der Waals surface area contributed by atoms with E-state index in [-0.39, 0.29) is 18.6 Å². The van der Waals surface area contributed by atoms with Gasteiger partial charge < -0.3 is 15.1 Å². The van der Waals surface area contributed by atoms with Crippen LogP contribution in [0, 0.1) is 11.8 Å². The molecule has 0 aromatic rings. The summed E-state index contributed by atoms with van der Waals surface area (Å²) >= 11 is 0. The molecule has 0 aromatic carbocycles. The van der Waals surface area contributed by atoms with Gasteiger partial charge in [-0.3, -0.25) is 4.79 Å². The molecule has 1 saturated heterocycles. The van der Waals surface area contributed by atoms with Gasteiger partial charge in [-0.25, -0.2) is 0 Å². The average Bonchev–Trinajstić information content (AvgIpc) is 2.58. The van der Waals surface area contributed by atoms with Crippen molar-refractivity contribution in [3.8, 4) is 11.8 Å². The number of rotatable bonds is 10. The first-order chi connectivity index (χ1) is 11.7. The van der Waals surface area contributed by atoms with Gasteiger partial charge in [0.1, 0.15) is 0 Å². The molecule has 1 aliphatic rings. The highest BCUT2D eigenvalue weighted by Crippen LogP contribution is 2.19. The van der Waals surface area contributed by atoms with Gasteiger partial charge in [0.25, 0.3) is 0 Å². The van der Waals surface area contributed by atoms with Gasteiger partial charge in [0.15, 0.2) is 0 Å². The second-order valence-electron chi connectivity index (χ2n) is 6.46. The lowest BCUT2D eigenvalue weighted by molar-refractivity contribution is -0.134. The number of carbonyl (C=O) groups excluding carboxylic acids is 1. The molecule has 4 nitrogen and oxygen atoms in total. The monoisotopic (exact) mass is 335 g/mol. The number of hydrogen-bond donors (Lipinski definition) is 2. The quantitative estimate of drug-likeness (QED) is 0.366. The third-order valence-corrected chi connectivity index (χ3v) is 4.35. The number of likely N-dealkylation sites (tertiary alicyclic amines) is 1. The zero-order chi connectivity index (χ0) is 17.6. The van der Waals surface area contributed by atoms with E-state index in [1.165, 1.54) is 0 Å². The molecule has 0 aliphatic carbocycles. The summed E-state index contributed by atoms with van der Waals surface area (Å²) < 4.78 is 0. The lowest BCUT2D eigenvalue weighted by atomic mass is 10.00. The highest BCUT2D eigenvalue weighted by molar-refractivity contribution is 5.77. The normalized spacial score (nSPS) is 19.4. The molecular formula is C20H33NO3. The van der Waals surface area contributed by atoms with E-state index < -0.39 is 6.10 Å². The van der Waals surface area contributed by atoms with E-state index >= 15 is 0 Å². The van der Waals surface area contributed by atoms with E-state index in [2.05, 4.69) is 18.8 Å². The number of aliphatic hydroxyl groups excluding tert-OH is 2. The second kappa shape index (κ2) is 13.0. The van der Waals surface area contributed by atoms with E-state index in [1.807, 2.05) is 17.1 Å². The zero-order valence-corrected chi connectivity index (χ0v) is 15.0. The maximum absolute atomic E-state index is 12.2. The lowest BCUT2D eigenvalue weighted by Crippen LogP contribution is -2.42. The molecule has 2 atom stereocenters. The van der Waals surface area contributed by atoms with Gasteiger partial charge in [-0.2, -0.15) is 0 Å². The van der Waals surface area contributed by atoms with Crippen LogP contribution in [0.5, 0.6) is 0 Å². The summed E-state index contributed by atoms with van der Waals surface area (Å²) in [6.07, 6.45) is 12.4. The number of carbonyl (C=O) groups is 1. The fraction of sp³-hybridized carbons (Fsp3) is 0.750. The summed E-state index contributed by atoms with van der Waals surface area (Å²) in [5, 5.41) is 18.8. The van der Waals surface area contributed by atoms with E-state index in [1.54, 1.807) is 0 Å². The standard InChI is InChI=1S/C20H33NO3/c1-2-3-7-12-19(23)15-14-18-11-10-13-20(24)21(18)16-8-5-4-6-9-17-22/h14-15,18-19,22-23H,2-4,6-7,9-13,16-17H2,1H3/t18?,19-/m1/s1. The van der Waals surface area contributed by atoms with Crippen LogP contribution < -0.4 is 0 Å². The molecule has 1 heterocycles.